The van der Waals surface area contributed by atoms with Gasteiger partial charge in [-0.2, -0.15) is 0 Å². The number of hydrogen-bond donors (Lipinski definition) is 1. The van der Waals surface area contributed by atoms with Crippen LogP contribution in [0.5, 0.6) is 0 Å². The van der Waals surface area contributed by atoms with Crippen LogP contribution < -0.4 is 0 Å². The molecular weight excluding hydrogens is 192 g/mol. The van der Waals surface area contributed by atoms with Gasteiger partial charge in [0.1, 0.15) is 0 Å². The Labute approximate surface area is 90.8 Å². The molecule has 15 heavy (non-hydrogen) atoms. The van der Waals surface area contributed by atoms with Crippen molar-refractivity contribution in [3.8, 4) is 0 Å². The van der Waals surface area contributed by atoms with Crippen molar-refractivity contribution in [1.29, 1.82) is 0 Å². The van der Waals surface area contributed by atoms with Crippen LogP contribution in [0, 0.1) is 22.7 Å². The van der Waals surface area contributed by atoms with Gasteiger partial charge in [0, 0.05) is 0 Å². The van der Waals surface area contributed by atoms with E-state index in [1.165, 1.54) is 7.11 Å². The van der Waals surface area contributed by atoms with E-state index in [4.69, 9.17) is 4.74 Å². The third-order valence-electron chi connectivity index (χ3n) is 5.27. The van der Waals surface area contributed by atoms with Crippen LogP contribution in [0.3, 0.4) is 0 Å². The topological polar surface area (TPSA) is 46.5 Å². The molecule has 4 atom stereocenters. The van der Waals surface area contributed by atoms with Gasteiger partial charge in [-0.3, -0.25) is 4.79 Å². The number of hydrogen-bond acceptors (Lipinski definition) is 3. The average Bonchev–Trinajstić information content (AvgIpc) is 2.48. The highest BCUT2D eigenvalue weighted by molar-refractivity contribution is 5.74. The molecule has 0 aromatic heterocycles. The lowest BCUT2D eigenvalue weighted by Crippen LogP contribution is -2.40. The zero-order valence-electron chi connectivity index (χ0n) is 9.91. The first kappa shape index (κ1) is 10.9. The van der Waals surface area contributed by atoms with Gasteiger partial charge >= 0.3 is 5.97 Å². The summed E-state index contributed by atoms with van der Waals surface area (Å²) in [7, 11) is 1.40. The maximum Gasteiger partial charge on any atom is 0.311 e. The third-order valence-corrected chi connectivity index (χ3v) is 5.27. The van der Waals surface area contributed by atoms with Crippen LogP contribution in [-0.2, 0) is 9.53 Å². The summed E-state index contributed by atoms with van der Waals surface area (Å²) in [4.78, 5) is 11.7. The molecule has 2 saturated carbocycles. The van der Waals surface area contributed by atoms with Crippen LogP contribution >= 0.6 is 0 Å². The van der Waals surface area contributed by atoms with Crippen LogP contribution in [0.1, 0.15) is 33.6 Å². The van der Waals surface area contributed by atoms with Crippen LogP contribution in [0.4, 0.5) is 0 Å². The van der Waals surface area contributed by atoms with Crippen molar-refractivity contribution in [1.82, 2.24) is 0 Å². The SMILES string of the molecule is COC(=O)[C@@H]1[C@H]2CC[C@@](C)([C@@H]1O)C2(C)C. The first-order valence-corrected chi connectivity index (χ1v) is 5.62. The standard InChI is InChI=1S/C12H20O3/c1-11(2)7-5-6-12(11,3)9(13)8(7)10(14)15-4/h7-9,13H,5-6H2,1-4H3/t7-,8-,9-,12+/m1/s1. The van der Waals surface area contributed by atoms with E-state index >= 15 is 0 Å². The van der Waals surface area contributed by atoms with Crippen molar-refractivity contribution in [2.24, 2.45) is 22.7 Å². The Hall–Kier alpha value is -0.570. The van der Waals surface area contributed by atoms with Gasteiger partial charge in [-0.1, -0.05) is 20.8 Å². The molecule has 86 valence electrons. The minimum atomic E-state index is -0.543. The van der Waals surface area contributed by atoms with Gasteiger partial charge in [-0.25, -0.2) is 0 Å². The number of aliphatic hydroxyl groups excluding tert-OH is 1. The summed E-state index contributed by atoms with van der Waals surface area (Å²) >= 11 is 0. The monoisotopic (exact) mass is 212 g/mol. The Bertz CT molecular complexity index is 297. The molecule has 1 N–H and O–H groups in total. The fraction of sp³-hybridized carbons (Fsp3) is 0.917. The van der Waals surface area contributed by atoms with Gasteiger partial charge in [0.05, 0.1) is 19.1 Å². The molecule has 2 aliphatic carbocycles. The molecule has 0 saturated heterocycles. The molecule has 0 aliphatic heterocycles. The summed E-state index contributed by atoms with van der Waals surface area (Å²) in [6.07, 6.45) is 1.50. The van der Waals surface area contributed by atoms with E-state index in [1.54, 1.807) is 0 Å². The lowest BCUT2D eigenvalue weighted by molar-refractivity contribution is -0.153. The van der Waals surface area contributed by atoms with Crippen LogP contribution in [0.15, 0.2) is 0 Å². The van der Waals surface area contributed by atoms with E-state index in [0.29, 0.717) is 0 Å². The van der Waals surface area contributed by atoms with Crippen molar-refractivity contribution < 1.29 is 14.6 Å². The summed E-state index contributed by atoms with van der Waals surface area (Å²) < 4.78 is 4.80. The van der Waals surface area contributed by atoms with Crippen LogP contribution in [-0.4, -0.2) is 24.3 Å². The van der Waals surface area contributed by atoms with Gasteiger partial charge in [0.25, 0.3) is 0 Å². The first-order chi connectivity index (χ1) is 6.86. The molecule has 2 bridgehead atoms. The average molecular weight is 212 g/mol. The first-order valence-electron chi connectivity index (χ1n) is 5.62. The van der Waals surface area contributed by atoms with E-state index in [-0.39, 0.29) is 28.6 Å². The van der Waals surface area contributed by atoms with E-state index in [2.05, 4.69) is 20.8 Å². The summed E-state index contributed by atoms with van der Waals surface area (Å²) in [5.41, 5.74) is -0.0954. The van der Waals surface area contributed by atoms with Gasteiger partial charge in [-0.05, 0) is 29.6 Å². The molecule has 0 radical (unpaired) electrons. The van der Waals surface area contributed by atoms with Crippen molar-refractivity contribution in [2.45, 2.75) is 39.7 Å². The Balaban J connectivity index is 2.38. The second kappa shape index (κ2) is 2.97. The number of rotatable bonds is 1. The summed E-state index contributed by atoms with van der Waals surface area (Å²) in [5, 5.41) is 10.3. The second-order valence-electron chi connectivity index (χ2n) is 5.78. The van der Waals surface area contributed by atoms with Crippen LogP contribution in [0.2, 0.25) is 0 Å². The van der Waals surface area contributed by atoms with E-state index < -0.39 is 6.10 Å². The molecule has 2 rings (SSSR count). The molecule has 0 aromatic rings. The van der Waals surface area contributed by atoms with Crippen molar-refractivity contribution >= 4 is 5.97 Å². The summed E-state index contributed by atoms with van der Waals surface area (Å²) in [5.74, 6) is -0.294. The van der Waals surface area contributed by atoms with Gasteiger partial charge in [-0.15, -0.1) is 0 Å². The molecule has 3 heteroatoms. The molecule has 2 fully saturated rings. The fourth-order valence-electron chi connectivity index (χ4n) is 3.76. The molecule has 0 heterocycles. The molecule has 2 aliphatic rings. The lowest BCUT2D eigenvalue weighted by atomic mass is 9.70. The Morgan fingerprint density at radius 1 is 1.40 bits per heavy atom. The highest BCUT2D eigenvalue weighted by Gasteiger charge is 2.67. The largest absolute Gasteiger partial charge is 0.469 e. The Morgan fingerprint density at radius 3 is 2.40 bits per heavy atom. The zero-order valence-corrected chi connectivity index (χ0v) is 9.91. The number of aliphatic hydroxyl groups is 1. The minimum Gasteiger partial charge on any atom is -0.469 e. The number of carbonyl (C=O) groups excluding carboxylic acids is 1. The van der Waals surface area contributed by atoms with Gasteiger partial charge < -0.3 is 9.84 Å². The molecule has 0 unspecified atom stereocenters. The number of ether oxygens (including phenoxy) is 1. The summed E-state index contributed by atoms with van der Waals surface area (Å²) in [6.45, 7) is 6.42. The van der Waals surface area contributed by atoms with E-state index in [9.17, 15) is 9.90 Å². The maximum absolute atomic E-state index is 11.7. The number of esters is 1. The minimum absolute atomic E-state index is 0.0330. The number of methoxy groups -OCH3 is 1. The molecule has 0 aromatic carbocycles. The Morgan fingerprint density at radius 2 is 2.00 bits per heavy atom. The Kier molecular flexibility index (Phi) is 2.16. The van der Waals surface area contributed by atoms with E-state index in [0.717, 1.165) is 12.8 Å². The molecular formula is C12H20O3. The van der Waals surface area contributed by atoms with Gasteiger partial charge in [0.15, 0.2) is 0 Å². The molecule has 0 amide bonds. The molecule has 0 spiro atoms. The smallest absolute Gasteiger partial charge is 0.311 e. The lowest BCUT2D eigenvalue weighted by Gasteiger charge is -2.36. The fourth-order valence-corrected chi connectivity index (χ4v) is 3.76. The van der Waals surface area contributed by atoms with Crippen LogP contribution in [0.25, 0.3) is 0 Å². The number of fused-ring (bicyclic) bond motifs is 2. The normalized spacial score (nSPS) is 46.9. The van der Waals surface area contributed by atoms with E-state index in [1.807, 2.05) is 0 Å². The second-order valence-corrected chi connectivity index (χ2v) is 5.78. The van der Waals surface area contributed by atoms with Crippen molar-refractivity contribution in [2.75, 3.05) is 7.11 Å². The highest BCUT2D eigenvalue weighted by Crippen LogP contribution is 2.67. The highest BCUT2D eigenvalue weighted by atomic mass is 16.5. The predicted octanol–water partition coefficient (Wildman–Crippen LogP) is 1.59. The summed E-state index contributed by atoms with van der Waals surface area (Å²) in [6, 6.07) is 0. The third kappa shape index (κ3) is 1.07. The number of carbonyl (C=O) groups is 1. The maximum atomic E-state index is 11.7. The van der Waals surface area contributed by atoms with Crippen molar-refractivity contribution in [3.63, 3.8) is 0 Å². The zero-order chi connectivity index (χ0) is 11.4. The quantitative estimate of drug-likeness (QED) is 0.671. The van der Waals surface area contributed by atoms with Crippen molar-refractivity contribution in [3.05, 3.63) is 0 Å². The predicted molar refractivity (Wildman–Crippen MR) is 56.1 cm³/mol. The van der Waals surface area contributed by atoms with Gasteiger partial charge in [0.2, 0.25) is 0 Å². The molecule has 3 nitrogen and oxygen atoms in total.